The van der Waals surface area contributed by atoms with Crippen LogP contribution in [0.2, 0.25) is 0 Å². The Morgan fingerprint density at radius 3 is 2.17 bits per heavy atom. The molecule has 0 rings (SSSR count). The molecule has 5 N–H and O–H groups in total. The van der Waals surface area contributed by atoms with Crippen molar-refractivity contribution < 1.29 is 10.5 Å². The summed E-state index contributed by atoms with van der Waals surface area (Å²) in [5.41, 5.74) is 8.10. The Labute approximate surface area is 36.3 Å². The van der Waals surface area contributed by atoms with Gasteiger partial charge >= 0.3 is 0 Å². The monoisotopic (exact) mass is 89.1 g/mol. The van der Waals surface area contributed by atoms with Crippen molar-refractivity contribution >= 4 is 5.91 Å². The molecule has 36 valence electrons. The van der Waals surface area contributed by atoms with E-state index < -0.39 is 0 Å². The van der Waals surface area contributed by atoms with Crippen molar-refractivity contribution in [3.63, 3.8) is 0 Å². The molecular weight excluding hydrogens is 80.0 g/mol. The van der Waals surface area contributed by atoms with Crippen molar-refractivity contribution in [3.05, 3.63) is 0 Å². The number of carbonyl (C=O) groups excluding carboxylic acids is 1. The van der Waals surface area contributed by atoms with Crippen LogP contribution in [0.5, 0.6) is 0 Å². The lowest BCUT2D eigenvalue weighted by atomic mass is 10.4. The zero-order chi connectivity index (χ0) is 5.15. The highest BCUT2D eigenvalue weighted by atomic mass is 16.1. The predicted octanol–water partition coefficient (Wildman–Crippen LogP) is -1.90. The molecule has 0 aliphatic rings. The highest BCUT2D eigenvalue weighted by molar-refractivity contribution is 5.77. The second-order valence-corrected chi connectivity index (χ2v) is 1.30. The van der Waals surface area contributed by atoms with Gasteiger partial charge in [-0.2, -0.15) is 0 Å². The van der Waals surface area contributed by atoms with Gasteiger partial charge in [0.25, 0.3) is 5.91 Å². The quantitative estimate of drug-likeness (QED) is 0.387. The molecular formula is C3H9N2O+. The zero-order valence-electron chi connectivity index (χ0n) is 3.77. The summed E-state index contributed by atoms with van der Waals surface area (Å²) < 4.78 is 0. The standard InChI is InChI=1S/C3H8N2O/c1-2(4)3(5)6/h2H,4H2,1H3,(H2,5,6)/p+1/t2-/m0/s1. The number of quaternary nitrogens is 1. The molecule has 0 unspecified atom stereocenters. The van der Waals surface area contributed by atoms with Crippen LogP contribution in [-0.4, -0.2) is 11.9 Å². The van der Waals surface area contributed by atoms with E-state index in [-0.39, 0.29) is 11.9 Å². The van der Waals surface area contributed by atoms with Crippen molar-refractivity contribution in [2.75, 3.05) is 0 Å². The molecule has 0 radical (unpaired) electrons. The Balaban J connectivity index is 3.26. The molecule has 0 saturated heterocycles. The number of amides is 1. The zero-order valence-corrected chi connectivity index (χ0v) is 3.77. The summed E-state index contributed by atoms with van der Waals surface area (Å²) in [6.45, 7) is 1.66. The van der Waals surface area contributed by atoms with Crippen molar-refractivity contribution in [2.24, 2.45) is 5.73 Å². The molecule has 0 aliphatic carbocycles. The molecule has 3 heteroatoms. The number of carbonyl (C=O) groups is 1. The third-order valence-electron chi connectivity index (χ3n) is 0.486. The lowest BCUT2D eigenvalue weighted by Crippen LogP contribution is -2.64. The lowest BCUT2D eigenvalue weighted by Gasteiger charge is -1.88. The molecule has 0 spiro atoms. The Morgan fingerprint density at radius 1 is 2.00 bits per heavy atom. The topological polar surface area (TPSA) is 70.7 Å². The van der Waals surface area contributed by atoms with Gasteiger partial charge in [-0.25, -0.2) is 0 Å². The lowest BCUT2D eigenvalue weighted by molar-refractivity contribution is -0.397. The van der Waals surface area contributed by atoms with Gasteiger partial charge in [0, 0.05) is 0 Å². The van der Waals surface area contributed by atoms with Crippen molar-refractivity contribution in [1.29, 1.82) is 0 Å². The van der Waals surface area contributed by atoms with E-state index in [1.54, 1.807) is 6.92 Å². The van der Waals surface area contributed by atoms with Gasteiger partial charge in [-0.05, 0) is 6.92 Å². The SMILES string of the molecule is C[C@H]([NH3+])C(N)=O. The van der Waals surface area contributed by atoms with E-state index in [0.29, 0.717) is 0 Å². The van der Waals surface area contributed by atoms with Gasteiger partial charge in [-0.15, -0.1) is 0 Å². The van der Waals surface area contributed by atoms with E-state index in [9.17, 15) is 4.79 Å². The van der Waals surface area contributed by atoms with Crippen LogP contribution < -0.4 is 11.5 Å². The Kier molecular flexibility index (Phi) is 1.60. The molecule has 1 amide bonds. The molecule has 0 aromatic carbocycles. The number of hydrogen-bond acceptors (Lipinski definition) is 1. The van der Waals surface area contributed by atoms with Gasteiger partial charge in [-0.3, -0.25) is 4.79 Å². The minimum Gasteiger partial charge on any atom is -0.365 e. The number of rotatable bonds is 1. The van der Waals surface area contributed by atoms with Gasteiger partial charge in [0.05, 0.1) is 0 Å². The van der Waals surface area contributed by atoms with E-state index in [0.717, 1.165) is 0 Å². The molecule has 0 heterocycles. The Bertz CT molecular complexity index is 59.8. The van der Waals surface area contributed by atoms with Crippen LogP contribution in [0.15, 0.2) is 0 Å². The highest BCUT2D eigenvalue weighted by Gasteiger charge is 2.01. The molecule has 0 aromatic heterocycles. The predicted molar refractivity (Wildman–Crippen MR) is 21.5 cm³/mol. The van der Waals surface area contributed by atoms with Gasteiger partial charge in [0.1, 0.15) is 0 Å². The number of primary amides is 1. The van der Waals surface area contributed by atoms with E-state index in [1.165, 1.54) is 0 Å². The maximum Gasteiger partial charge on any atom is 0.275 e. The smallest absolute Gasteiger partial charge is 0.275 e. The van der Waals surface area contributed by atoms with E-state index in [1.807, 2.05) is 0 Å². The maximum atomic E-state index is 9.86. The fraction of sp³-hybridized carbons (Fsp3) is 0.667. The molecule has 0 fully saturated rings. The van der Waals surface area contributed by atoms with Crippen LogP contribution in [0, 0.1) is 0 Å². The molecule has 0 aromatic rings. The third kappa shape index (κ3) is 1.72. The largest absolute Gasteiger partial charge is 0.365 e. The van der Waals surface area contributed by atoms with Crippen LogP contribution in [0.25, 0.3) is 0 Å². The average Bonchev–Trinajstić information content (AvgIpc) is 1.36. The van der Waals surface area contributed by atoms with Crippen LogP contribution in [0.1, 0.15) is 6.92 Å². The Morgan fingerprint density at radius 2 is 2.17 bits per heavy atom. The Hall–Kier alpha value is -0.570. The molecule has 0 bridgehead atoms. The molecule has 3 nitrogen and oxygen atoms in total. The van der Waals surface area contributed by atoms with Crippen LogP contribution in [0.4, 0.5) is 0 Å². The summed E-state index contributed by atoms with van der Waals surface area (Å²) in [7, 11) is 0. The third-order valence-corrected chi connectivity index (χ3v) is 0.486. The first-order valence-corrected chi connectivity index (χ1v) is 1.77. The summed E-state index contributed by atoms with van der Waals surface area (Å²) in [5, 5.41) is 0. The molecule has 1 atom stereocenters. The fourth-order valence-corrected chi connectivity index (χ4v) is 0. The fourth-order valence-electron chi connectivity index (χ4n) is 0. The maximum absolute atomic E-state index is 9.86. The van der Waals surface area contributed by atoms with E-state index in [4.69, 9.17) is 5.73 Å². The number of hydrogen-bond donors (Lipinski definition) is 2. The summed E-state index contributed by atoms with van der Waals surface area (Å²) in [4.78, 5) is 9.86. The molecule has 0 saturated carbocycles. The minimum atomic E-state index is -0.352. The van der Waals surface area contributed by atoms with Crippen molar-refractivity contribution in [3.8, 4) is 0 Å². The molecule has 0 aliphatic heterocycles. The van der Waals surface area contributed by atoms with Crippen LogP contribution >= 0.6 is 0 Å². The van der Waals surface area contributed by atoms with Crippen LogP contribution in [0.3, 0.4) is 0 Å². The second kappa shape index (κ2) is 1.77. The second-order valence-electron chi connectivity index (χ2n) is 1.30. The number of nitrogens with two attached hydrogens (primary N) is 1. The molecule has 6 heavy (non-hydrogen) atoms. The first-order chi connectivity index (χ1) is 2.64. The van der Waals surface area contributed by atoms with Crippen LogP contribution in [-0.2, 0) is 4.79 Å². The summed E-state index contributed by atoms with van der Waals surface area (Å²) in [6, 6.07) is -0.259. The first-order valence-electron chi connectivity index (χ1n) is 1.77. The van der Waals surface area contributed by atoms with E-state index in [2.05, 4.69) is 5.73 Å². The van der Waals surface area contributed by atoms with Gasteiger partial charge in [-0.1, -0.05) is 0 Å². The highest BCUT2D eigenvalue weighted by Crippen LogP contribution is 1.60. The summed E-state index contributed by atoms with van der Waals surface area (Å²) in [5.74, 6) is -0.352. The van der Waals surface area contributed by atoms with Gasteiger partial charge < -0.3 is 11.5 Å². The van der Waals surface area contributed by atoms with Gasteiger partial charge in [0.2, 0.25) is 0 Å². The van der Waals surface area contributed by atoms with Crippen molar-refractivity contribution in [2.45, 2.75) is 13.0 Å². The summed E-state index contributed by atoms with van der Waals surface area (Å²) >= 11 is 0. The van der Waals surface area contributed by atoms with Gasteiger partial charge in [0.15, 0.2) is 6.04 Å². The van der Waals surface area contributed by atoms with E-state index >= 15 is 0 Å². The average molecular weight is 89.1 g/mol. The minimum absolute atomic E-state index is 0.259. The normalized spacial score (nSPS) is 13.7. The first kappa shape index (κ1) is 5.43. The summed E-state index contributed by atoms with van der Waals surface area (Å²) in [6.07, 6.45) is 0. The van der Waals surface area contributed by atoms with Crippen molar-refractivity contribution in [1.82, 2.24) is 0 Å².